The quantitative estimate of drug-likeness (QED) is 0.523. The Hall–Kier alpha value is -2.77. The maximum atomic E-state index is 14.9. The SMILES string of the molecule is CCCCSc1c(F)c(C#N)c(C#N)c(F)c1Nc1cccc(OC)c1. The maximum absolute atomic E-state index is 14.9. The number of hydrogen-bond acceptors (Lipinski definition) is 5. The lowest BCUT2D eigenvalue weighted by Gasteiger charge is -2.16. The summed E-state index contributed by atoms with van der Waals surface area (Å²) in [5, 5.41) is 21.1. The van der Waals surface area contributed by atoms with Crippen molar-refractivity contribution in [2.24, 2.45) is 0 Å². The van der Waals surface area contributed by atoms with E-state index in [2.05, 4.69) is 5.32 Å². The first-order valence-electron chi connectivity index (χ1n) is 7.96. The van der Waals surface area contributed by atoms with Gasteiger partial charge in [-0.1, -0.05) is 19.4 Å². The van der Waals surface area contributed by atoms with Crippen LogP contribution < -0.4 is 10.1 Å². The number of anilines is 2. The molecule has 0 saturated carbocycles. The number of nitriles is 2. The lowest BCUT2D eigenvalue weighted by molar-refractivity contribution is 0.415. The molecule has 0 aliphatic rings. The van der Waals surface area contributed by atoms with Gasteiger partial charge in [-0.05, 0) is 24.3 Å². The summed E-state index contributed by atoms with van der Waals surface area (Å²) in [4.78, 5) is -0.00526. The highest BCUT2D eigenvalue weighted by Crippen LogP contribution is 2.39. The number of nitrogens with zero attached hydrogens (tertiary/aromatic N) is 2. The van der Waals surface area contributed by atoms with Gasteiger partial charge < -0.3 is 10.1 Å². The Morgan fingerprint density at radius 3 is 2.46 bits per heavy atom. The fraction of sp³-hybridized carbons (Fsp3) is 0.263. The molecule has 0 aliphatic carbocycles. The van der Waals surface area contributed by atoms with Crippen molar-refractivity contribution in [2.45, 2.75) is 24.7 Å². The Morgan fingerprint density at radius 2 is 1.85 bits per heavy atom. The fourth-order valence-corrected chi connectivity index (χ4v) is 3.44. The van der Waals surface area contributed by atoms with Crippen LogP contribution in [0.2, 0.25) is 0 Å². The molecule has 134 valence electrons. The Labute approximate surface area is 155 Å². The minimum Gasteiger partial charge on any atom is -0.497 e. The van der Waals surface area contributed by atoms with E-state index in [9.17, 15) is 14.0 Å². The minimum absolute atomic E-state index is 0.00526. The van der Waals surface area contributed by atoms with Gasteiger partial charge in [0.1, 0.15) is 29.0 Å². The Morgan fingerprint density at radius 1 is 1.15 bits per heavy atom. The molecule has 0 amide bonds. The third kappa shape index (κ3) is 4.07. The van der Waals surface area contributed by atoms with E-state index in [1.165, 1.54) is 7.11 Å². The first-order chi connectivity index (χ1) is 12.6. The Bertz CT molecular complexity index is 888. The standard InChI is InChI=1S/C19H17F2N3OS/c1-3-4-8-26-19-17(21)15(11-23)14(10-22)16(20)18(19)24-12-6-5-7-13(9-12)25-2/h5-7,9,24H,3-4,8H2,1-2H3. The highest BCUT2D eigenvalue weighted by atomic mass is 32.2. The summed E-state index contributed by atoms with van der Waals surface area (Å²) in [7, 11) is 1.50. The third-order valence-electron chi connectivity index (χ3n) is 3.64. The first-order valence-corrected chi connectivity index (χ1v) is 8.94. The van der Waals surface area contributed by atoms with Crippen molar-refractivity contribution in [3.05, 3.63) is 47.0 Å². The van der Waals surface area contributed by atoms with Crippen molar-refractivity contribution >= 4 is 23.1 Å². The van der Waals surface area contributed by atoms with Crippen LogP contribution in [0.25, 0.3) is 0 Å². The van der Waals surface area contributed by atoms with E-state index in [-0.39, 0.29) is 10.6 Å². The molecule has 0 spiro atoms. The van der Waals surface area contributed by atoms with E-state index in [0.29, 0.717) is 17.2 Å². The number of nitrogens with one attached hydrogen (secondary N) is 1. The van der Waals surface area contributed by atoms with Gasteiger partial charge in [-0.3, -0.25) is 0 Å². The molecule has 4 nitrogen and oxygen atoms in total. The maximum Gasteiger partial charge on any atom is 0.167 e. The molecule has 0 bridgehead atoms. The van der Waals surface area contributed by atoms with Crippen LogP contribution in [-0.2, 0) is 0 Å². The van der Waals surface area contributed by atoms with Crippen molar-refractivity contribution in [1.82, 2.24) is 0 Å². The van der Waals surface area contributed by atoms with Gasteiger partial charge in [0, 0.05) is 11.8 Å². The second-order valence-electron chi connectivity index (χ2n) is 5.36. The van der Waals surface area contributed by atoms with Crippen LogP contribution in [0, 0.1) is 34.3 Å². The molecule has 2 rings (SSSR count). The number of ether oxygens (including phenoxy) is 1. The second-order valence-corrected chi connectivity index (χ2v) is 6.47. The van der Waals surface area contributed by atoms with Crippen LogP contribution in [0.1, 0.15) is 30.9 Å². The summed E-state index contributed by atoms with van der Waals surface area (Å²) in [6.07, 6.45) is 1.71. The smallest absolute Gasteiger partial charge is 0.167 e. The number of benzene rings is 2. The molecule has 2 aromatic rings. The summed E-state index contributed by atoms with van der Waals surface area (Å²) in [5.74, 6) is -0.703. The number of rotatable bonds is 7. The molecule has 0 fully saturated rings. The predicted octanol–water partition coefficient (Wildman–Crippen LogP) is 5.35. The van der Waals surface area contributed by atoms with Crippen molar-refractivity contribution in [3.63, 3.8) is 0 Å². The zero-order valence-electron chi connectivity index (χ0n) is 14.4. The third-order valence-corrected chi connectivity index (χ3v) is 4.81. The molecule has 7 heteroatoms. The van der Waals surface area contributed by atoms with Gasteiger partial charge in [0.15, 0.2) is 11.6 Å². The van der Waals surface area contributed by atoms with Crippen LogP contribution in [-0.4, -0.2) is 12.9 Å². The molecular weight excluding hydrogens is 356 g/mol. The summed E-state index contributed by atoms with van der Waals surface area (Å²) in [6, 6.07) is 9.91. The zero-order valence-corrected chi connectivity index (χ0v) is 15.2. The normalized spacial score (nSPS) is 10.1. The van der Waals surface area contributed by atoms with E-state index in [4.69, 9.17) is 10.00 Å². The number of halogens is 2. The Balaban J connectivity index is 2.59. The highest BCUT2D eigenvalue weighted by Gasteiger charge is 2.25. The van der Waals surface area contributed by atoms with Crippen LogP contribution in [0.3, 0.4) is 0 Å². The molecule has 0 unspecified atom stereocenters. The zero-order chi connectivity index (χ0) is 19.1. The van der Waals surface area contributed by atoms with Gasteiger partial charge in [0.25, 0.3) is 0 Å². The molecule has 0 radical (unpaired) electrons. The lowest BCUT2D eigenvalue weighted by Crippen LogP contribution is -2.05. The van der Waals surface area contributed by atoms with E-state index < -0.39 is 22.8 Å². The number of methoxy groups -OCH3 is 1. The van der Waals surface area contributed by atoms with Crippen molar-refractivity contribution in [2.75, 3.05) is 18.2 Å². The molecule has 2 aromatic carbocycles. The van der Waals surface area contributed by atoms with Crippen molar-refractivity contribution in [1.29, 1.82) is 10.5 Å². The van der Waals surface area contributed by atoms with E-state index in [1.54, 1.807) is 36.4 Å². The molecule has 0 atom stereocenters. The van der Waals surface area contributed by atoms with Crippen LogP contribution >= 0.6 is 11.8 Å². The predicted molar refractivity (Wildman–Crippen MR) is 97.7 cm³/mol. The highest BCUT2D eigenvalue weighted by molar-refractivity contribution is 7.99. The number of thioether (sulfide) groups is 1. The fourth-order valence-electron chi connectivity index (χ4n) is 2.29. The van der Waals surface area contributed by atoms with Gasteiger partial charge in [0.05, 0.1) is 17.7 Å². The molecule has 0 aliphatic heterocycles. The first kappa shape index (κ1) is 19.6. The van der Waals surface area contributed by atoms with Gasteiger partial charge in [-0.15, -0.1) is 11.8 Å². The molecule has 26 heavy (non-hydrogen) atoms. The van der Waals surface area contributed by atoms with E-state index in [1.807, 2.05) is 6.92 Å². The summed E-state index contributed by atoms with van der Waals surface area (Å²) >= 11 is 1.12. The van der Waals surface area contributed by atoms with Gasteiger partial charge >= 0.3 is 0 Å². The molecule has 0 saturated heterocycles. The largest absolute Gasteiger partial charge is 0.497 e. The van der Waals surface area contributed by atoms with E-state index in [0.717, 1.165) is 24.6 Å². The molecule has 0 heterocycles. The monoisotopic (exact) mass is 373 g/mol. The van der Waals surface area contributed by atoms with Crippen LogP contribution in [0.5, 0.6) is 5.75 Å². The van der Waals surface area contributed by atoms with Crippen molar-refractivity contribution < 1.29 is 13.5 Å². The molecular formula is C19H17F2N3OS. The van der Waals surface area contributed by atoms with Crippen LogP contribution in [0.4, 0.5) is 20.2 Å². The topological polar surface area (TPSA) is 68.8 Å². The van der Waals surface area contributed by atoms with E-state index >= 15 is 0 Å². The van der Waals surface area contributed by atoms with Crippen LogP contribution in [0.15, 0.2) is 29.2 Å². The second kappa shape index (κ2) is 9.07. The van der Waals surface area contributed by atoms with Gasteiger partial charge in [-0.2, -0.15) is 10.5 Å². The molecule has 1 N–H and O–H groups in total. The molecule has 0 aromatic heterocycles. The lowest BCUT2D eigenvalue weighted by atomic mass is 10.1. The summed E-state index contributed by atoms with van der Waals surface area (Å²) in [6.45, 7) is 1.99. The van der Waals surface area contributed by atoms with Gasteiger partial charge in [0.2, 0.25) is 0 Å². The summed E-state index contributed by atoms with van der Waals surface area (Å²) in [5.41, 5.74) is -0.837. The average molecular weight is 373 g/mol. The summed E-state index contributed by atoms with van der Waals surface area (Å²) < 4.78 is 34.8. The Kier molecular flexibility index (Phi) is 6.82. The minimum atomic E-state index is -0.938. The number of hydrogen-bond donors (Lipinski definition) is 1. The van der Waals surface area contributed by atoms with Crippen molar-refractivity contribution in [3.8, 4) is 17.9 Å². The van der Waals surface area contributed by atoms with Gasteiger partial charge in [-0.25, -0.2) is 8.78 Å². The average Bonchev–Trinajstić information content (AvgIpc) is 2.66. The number of unbranched alkanes of at least 4 members (excludes halogenated alkanes) is 1.